The SMILES string of the molecule is C=C(C)N[C@@H]1CCC(C)=C[C@H]1c1c(O)cc(CCCCC)cc1OC(=O)SC/C=C1\[C@H](NC(=O)/C(=N\OC(C)(C)C(=O)O)C2=CCC(N)=N2)C(=O)N1S(=O)(=O)O. The molecule has 7 N–H and O–H groups in total. The smallest absolute Gasteiger partial charge is 0.373 e. The standard InChI is InChI=1S/C37H48N6O11S2/c1-7-8-9-10-22-18-27(44)30(23-17-21(4)11-12-24(23)39-20(2)3)28(19-22)53-36(49)55-16-15-26-32(34(46)43(26)56(50,51)52)41-33(45)31(25-13-14-29(38)40-25)42-54-37(5,6)35(47)48/h13,15,17-19,23-24,32,39,44H,2,7-12,14,16H2,1,3-6H3,(H2,38,40)(H,41,45)(H,47,48)(H,50,51,52)/b26-15+,42-31-/t23-,24-,32+/m1/s1. The van der Waals surface area contributed by atoms with Gasteiger partial charge in [0.25, 0.3) is 11.8 Å². The number of amidine groups is 1. The number of carboxylic acids is 1. The van der Waals surface area contributed by atoms with E-state index in [0.29, 0.717) is 23.7 Å². The van der Waals surface area contributed by atoms with E-state index in [4.69, 9.17) is 15.3 Å². The van der Waals surface area contributed by atoms with Crippen LogP contribution in [0.4, 0.5) is 4.79 Å². The van der Waals surface area contributed by atoms with Gasteiger partial charge in [-0.15, -0.1) is 0 Å². The molecule has 2 amide bonds. The van der Waals surface area contributed by atoms with Crippen molar-refractivity contribution in [3.05, 3.63) is 70.7 Å². The Labute approximate surface area is 329 Å². The van der Waals surface area contributed by atoms with Crippen molar-refractivity contribution in [2.75, 3.05) is 5.75 Å². The third-order valence-corrected chi connectivity index (χ3v) is 10.5. The van der Waals surface area contributed by atoms with Crippen molar-refractivity contribution in [3.63, 3.8) is 0 Å². The minimum absolute atomic E-state index is 0.0321. The lowest BCUT2D eigenvalue weighted by Crippen LogP contribution is -2.64. The second-order valence-corrected chi connectivity index (χ2v) is 16.3. The number of nitrogens with two attached hydrogens (primary N) is 1. The number of carbonyl (C=O) groups excluding carboxylic acids is 3. The highest BCUT2D eigenvalue weighted by Gasteiger charge is 2.50. The lowest BCUT2D eigenvalue weighted by atomic mass is 9.80. The average Bonchev–Trinajstić information content (AvgIpc) is 3.52. The highest BCUT2D eigenvalue weighted by atomic mass is 32.2. The van der Waals surface area contributed by atoms with Crippen LogP contribution >= 0.6 is 11.8 Å². The molecule has 0 radical (unpaired) electrons. The van der Waals surface area contributed by atoms with Crippen LogP contribution < -0.4 is 21.1 Å². The Morgan fingerprint density at radius 2 is 1.95 bits per heavy atom. The van der Waals surface area contributed by atoms with Gasteiger partial charge in [0.1, 0.15) is 17.3 Å². The Morgan fingerprint density at radius 1 is 1.23 bits per heavy atom. The largest absolute Gasteiger partial charge is 0.507 e. The number of phenols is 1. The van der Waals surface area contributed by atoms with Crippen molar-refractivity contribution in [1.82, 2.24) is 14.9 Å². The molecule has 304 valence electrons. The third kappa shape index (κ3) is 10.8. The summed E-state index contributed by atoms with van der Waals surface area (Å²) in [6, 6.07) is 1.61. The van der Waals surface area contributed by atoms with Gasteiger partial charge in [-0.25, -0.2) is 14.6 Å². The Balaban J connectivity index is 1.59. The molecule has 0 unspecified atom stereocenters. The maximum atomic E-state index is 13.4. The molecule has 2 aliphatic heterocycles. The number of hydrogen-bond donors (Lipinski definition) is 6. The van der Waals surface area contributed by atoms with Gasteiger partial charge in [-0.1, -0.05) is 49.2 Å². The fourth-order valence-electron chi connectivity index (χ4n) is 6.16. The number of nitrogens with zero attached hydrogens (tertiary/aromatic N) is 3. The number of aliphatic carboxylic acids is 1. The van der Waals surface area contributed by atoms with Gasteiger partial charge in [0.15, 0.2) is 11.8 Å². The number of amides is 2. The monoisotopic (exact) mass is 816 g/mol. The molecule has 19 heteroatoms. The molecule has 1 aromatic rings. The molecule has 0 spiro atoms. The van der Waals surface area contributed by atoms with Crippen LogP contribution in [-0.2, 0) is 35.9 Å². The molecule has 0 aromatic heterocycles. The zero-order chi connectivity index (χ0) is 41.5. The van der Waals surface area contributed by atoms with Crippen molar-refractivity contribution >= 4 is 56.7 Å². The van der Waals surface area contributed by atoms with E-state index in [1.165, 1.54) is 19.9 Å². The van der Waals surface area contributed by atoms with Gasteiger partial charge < -0.3 is 36.2 Å². The molecule has 1 fully saturated rings. The van der Waals surface area contributed by atoms with Gasteiger partial charge in [-0.05, 0) is 88.9 Å². The van der Waals surface area contributed by atoms with Gasteiger partial charge in [0.05, 0.1) is 11.4 Å². The summed E-state index contributed by atoms with van der Waals surface area (Å²) in [6.45, 7) is 12.2. The van der Waals surface area contributed by atoms with Crippen molar-refractivity contribution in [2.45, 2.75) is 103 Å². The van der Waals surface area contributed by atoms with Crippen LogP contribution in [0.2, 0.25) is 0 Å². The van der Waals surface area contributed by atoms with Gasteiger partial charge in [-0.2, -0.15) is 12.7 Å². The summed E-state index contributed by atoms with van der Waals surface area (Å²) >= 11 is 0.593. The number of aliphatic imine (C=N–C) groups is 1. The number of ether oxygens (including phenoxy) is 1. The highest BCUT2D eigenvalue weighted by molar-refractivity contribution is 8.13. The Bertz CT molecular complexity index is 2040. The van der Waals surface area contributed by atoms with Crippen molar-refractivity contribution < 1.29 is 51.9 Å². The number of carboxylic acid groups (broad SMARTS) is 1. The normalized spacial score (nSPS) is 20.8. The van der Waals surface area contributed by atoms with Gasteiger partial charge >= 0.3 is 21.6 Å². The molecule has 1 saturated heterocycles. The fourth-order valence-corrected chi connectivity index (χ4v) is 7.48. The Hall–Kier alpha value is -5.14. The van der Waals surface area contributed by atoms with Crippen LogP contribution in [-0.4, -0.2) is 85.6 Å². The number of aryl methyl sites for hydroxylation is 1. The molecule has 3 aliphatic rings. The van der Waals surface area contributed by atoms with E-state index in [2.05, 4.69) is 34.3 Å². The number of benzene rings is 1. The molecule has 0 saturated carbocycles. The quantitative estimate of drug-likeness (QED) is 0.0240. The molecule has 1 aliphatic carbocycles. The van der Waals surface area contributed by atoms with E-state index in [-0.39, 0.29) is 51.5 Å². The molecule has 0 bridgehead atoms. The van der Waals surface area contributed by atoms with E-state index in [0.717, 1.165) is 55.0 Å². The van der Waals surface area contributed by atoms with E-state index in [9.17, 15) is 42.4 Å². The number of aromatic hydroxyl groups is 1. The first-order valence-corrected chi connectivity index (χ1v) is 20.3. The molecule has 56 heavy (non-hydrogen) atoms. The number of oxime groups is 1. The zero-order valence-electron chi connectivity index (χ0n) is 31.8. The van der Waals surface area contributed by atoms with Crippen LogP contribution in [0.5, 0.6) is 11.5 Å². The average molecular weight is 817 g/mol. The number of β-lactam (4-membered cyclic amide) rings is 1. The summed E-state index contributed by atoms with van der Waals surface area (Å²) in [7, 11) is -5.15. The Morgan fingerprint density at radius 3 is 2.55 bits per heavy atom. The summed E-state index contributed by atoms with van der Waals surface area (Å²) in [6.07, 6.45) is 9.72. The van der Waals surface area contributed by atoms with E-state index < -0.39 is 56.4 Å². The van der Waals surface area contributed by atoms with Gasteiger partial charge in [-0.3, -0.25) is 14.1 Å². The molecular weight excluding hydrogens is 769 g/mol. The summed E-state index contributed by atoms with van der Waals surface area (Å²) in [5.41, 5.74) is 5.83. The predicted molar refractivity (Wildman–Crippen MR) is 210 cm³/mol. The number of phenolic OH excluding ortho intramolecular Hbond substituents is 1. The number of thioether (sulfide) groups is 1. The first-order chi connectivity index (χ1) is 26.2. The summed E-state index contributed by atoms with van der Waals surface area (Å²) < 4.78 is 40.0. The van der Waals surface area contributed by atoms with Crippen LogP contribution in [0.1, 0.15) is 90.2 Å². The van der Waals surface area contributed by atoms with Crippen molar-refractivity contribution in [1.29, 1.82) is 0 Å². The fraction of sp³-hybridized carbons (Fsp3) is 0.459. The number of rotatable bonds is 17. The Kier molecular flexibility index (Phi) is 14.2. The minimum atomic E-state index is -5.15. The summed E-state index contributed by atoms with van der Waals surface area (Å²) in [4.78, 5) is 60.4. The van der Waals surface area contributed by atoms with Gasteiger partial charge in [0, 0.05) is 35.4 Å². The van der Waals surface area contributed by atoms with Gasteiger partial charge in [0.2, 0.25) is 5.60 Å². The first kappa shape index (κ1) is 43.6. The van der Waals surface area contributed by atoms with Crippen LogP contribution in [0.3, 0.4) is 0 Å². The van der Waals surface area contributed by atoms with Crippen LogP contribution in [0, 0.1) is 0 Å². The lowest BCUT2D eigenvalue weighted by Gasteiger charge is -2.38. The number of hydrogen-bond acceptors (Lipinski definition) is 14. The van der Waals surface area contributed by atoms with Crippen molar-refractivity contribution in [2.24, 2.45) is 15.9 Å². The van der Waals surface area contributed by atoms with Crippen LogP contribution in [0.25, 0.3) is 0 Å². The molecular formula is C37H48N6O11S2. The topological polar surface area (TPSA) is 260 Å². The number of allylic oxidation sites excluding steroid dienone is 2. The molecule has 3 atom stereocenters. The number of carbonyl (C=O) groups is 4. The maximum Gasteiger partial charge on any atom is 0.373 e. The molecule has 17 nitrogen and oxygen atoms in total. The van der Waals surface area contributed by atoms with Crippen LogP contribution in [0.15, 0.2) is 69.8 Å². The number of unbranched alkanes of at least 4 members (excludes halogenated alkanes) is 2. The highest BCUT2D eigenvalue weighted by Crippen LogP contribution is 2.43. The maximum absolute atomic E-state index is 13.4. The second-order valence-electron chi connectivity index (χ2n) is 14.1. The zero-order valence-corrected chi connectivity index (χ0v) is 33.5. The van der Waals surface area contributed by atoms with Crippen molar-refractivity contribution in [3.8, 4) is 11.5 Å². The molecule has 1 aromatic carbocycles. The summed E-state index contributed by atoms with van der Waals surface area (Å²) in [5, 5.41) is 29.3. The number of nitrogens with one attached hydrogen (secondary N) is 2. The lowest BCUT2D eigenvalue weighted by molar-refractivity contribution is -0.161. The van der Waals surface area contributed by atoms with E-state index >= 15 is 0 Å². The first-order valence-electron chi connectivity index (χ1n) is 17.9. The minimum Gasteiger partial charge on any atom is -0.507 e. The third-order valence-electron chi connectivity index (χ3n) is 9.04. The van der Waals surface area contributed by atoms with E-state index in [1.807, 2.05) is 19.9 Å². The molecule has 4 rings (SSSR count). The van der Waals surface area contributed by atoms with E-state index in [1.54, 1.807) is 12.1 Å². The molecule has 2 heterocycles. The summed E-state index contributed by atoms with van der Waals surface area (Å²) in [5.74, 6) is -4.18. The second kappa shape index (κ2) is 18.2. The predicted octanol–water partition coefficient (Wildman–Crippen LogP) is 4.57.